The third-order valence-corrected chi connectivity index (χ3v) is 4.49. The number of hydrogen-bond acceptors (Lipinski definition) is 2. The first kappa shape index (κ1) is 12.7. The molecular formula is C19H19NO. The van der Waals surface area contributed by atoms with E-state index < -0.39 is 0 Å². The van der Waals surface area contributed by atoms with Crippen molar-refractivity contribution in [1.82, 2.24) is 5.32 Å². The van der Waals surface area contributed by atoms with E-state index in [1.54, 1.807) is 0 Å². The van der Waals surface area contributed by atoms with Gasteiger partial charge in [-0.3, -0.25) is 0 Å². The highest BCUT2D eigenvalue weighted by Gasteiger charge is 2.31. The van der Waals surface area contributed by atoms with E-state index in [1.807, 2.05) is 30.3 Å². The average Bonchev–Trinajstić information content (AvgIpc) is 3.10. The second-order valence-corrected chi connectivity index (χ2v) is 5.92. The molecule has 4 rings (SSSR count). The molecule has 0 spiro atoms. The normalized spacial score (nSPS) is 23.7. The topological polar surface area (TPSA) is 21.3 Å². The van der Waals surface area contributed by atoms with Gasteiger partial charge in [-0.2, -0.15) is 0 Å². The zero-order chi connectivity index (χ0) is 14.1. The van der Waals surface area contributed by atoms with Crippen molar-refractivity contribution in [2.75, 3.05) is 13.1 Å². The van der Waals surface area contributed by atoms with Gasteiger partial charge < -0.3 is 10.1 Å². The molecule has 2 atom stereocenters. The standard InChI is InChI=1S/C19H19NO/c1-2-4-18(5-3-1)21-19-8-6-14(7-9-19)15-10-16-12-20-13-17(16)11-15/h1-10,16-17,20H,11-13H2. The Morgan fingerprint density at radius 2 is 1.62 bits per heavy atom. The fourth-order valence-electron chi connectivity index (χ4n) is 3.36. The van der Waals surface area contributed by atoms with E-state index in [0.29, 0.717) is 0 Å². The smallest absolute Gasteiger partial charge is 0.127 e. The summed E-state index contributed by atoms with van der Waals surface area (Å²) in [5, 5.41) is 3.47. The van der Waals surface area contributed by atoms with Gasteiger partial charge in [0.1, 0.15) is 11.5 Å². The van der Waals surface area contributed by atoms with Gasteiger partial charge in [-0.1, -0.05) is 36.4 Å². The molecule has 0 saturated carbocycles. The lowest BCUT2D eigenvalue weighted by atomic mass is 9.98. The maximum absolute atomic E-state index is 5.84. The lowest BCUT2D eigenvalue weighted by molar-refractivity contribution is 0.482. The Labute approximate surface area is 125 Å². The van der Waals surface area contributed by atoms with Gasteiger partial charge in [0.25, 0.3) is 0 Å². The highest BCUT2D eigenvalue weighted by atomic mass is 16.5. The molecule has 2 unspecified atom stereocenters. The Kier molecular flexibility index (Phi) is 3.24. The molecule has 21 heavy (non-hydrogen) atoms. The highest BCUT2D eigenvalue weighted by Crippen LogP contribution is 2.38. The SMILES string of the molecule is C1=C(c2ccc(Oc3ccccc3)cc2)CC2CNCC12. The van der Waals surface area contributed by atoms with Gasteiger partial charge in [0.15, 0.2) is 0 Å². The van der Waals surface area contributed by atoms with Gasteiger partial charge in [0, 0.05) is 6.54 Å². The summed E-state index contributed by atoms with van der Waals surface area (Å²) in [7, 11) is 0. The monoisotopic (exact) mass is 277 g/mol. The number of rotatable bonds is 3. The zero-order valence-corrected chi connectivity index (χ0v) is 12.0. The minimum atomic E-state index is 0.736. The van der Waals surface area contributed by atoms with E-state index in [9.17, 15) is 0 Å². The summed E-state index contributed by atoms with van der Waals surface area (Å²) in [5.41, 5.74) is 2.84. The largest absolute Gasteiger partial charge is 0.457 e. The van der Waals surface area contributed by atoms with Gasteiger partial charge in [-0.25, -0.2) is 0 Å². The van der Waals surface area contributed by atoms with Crippen molar-refractivity contribution in [2.24, 2.45) is 11.8 Å². The summed E-state index contributed by atoms with van der Waals surface area (Å²) >= 11 is 0. The minimum absolute atomic E-state index is 0.736. The first-order valence-corrected chi connectivity index (χ1v) is 7.63. The summed E-state index contributed by atoms with van der Waals surface area (Å²) in [4.78, 5) is 0. The molecule has 0 aromatic heterocycles. The number of nitrogens with one attached hydrogen (secondary N) is 1. The van der Waals surface area contributed by atoms with E-state index in [0.717, 1.165) is 29.9 Å². The van der Waals surface area contributed by atoms with E-state index in [2.05, 4.69) is 35.7 Å². The van der Waals surface area contributed by atoms with Crippen molar-refractivity contribution in [3.8, 4) is 11.5 Å². The van der Waals surface area contributed by atoms with E-state index in [1.165, 1.54) is 24.1 Å². The molecule has 1 aliphatic carbocycles. The highest BCUT2D eigenvalue weighted by molar-refractivity contribution is 5.69. The van der Waals surface area contributed by atoms with E-state index in [4.69, 9.17) is 4.74 Å². The number of para-hydroxylation sites is 1. The van der Waals surface area contributed by atoms with Gasteiger partial charge in [-0.15, -0.1) is 0 Å². The van der Waals surface area contributed by atoms with Crippen LogP contribution in [0.15, 0.2) is 60.7 Å². The quantitative estimate of drug-likeness (QED) is 0.912. The molecule has 0 amide bonds. The van der Waals surface area contributed by atoms with Crippen molar-refractivity contribution in [1.29, 1.82) is 0 Å². The first-order valence-electron chi connectivity index (χ1n) is 7.63. The Bertz CT molecular complexity index is 645. The second kappa shape index (κ2) is 5.38. The number of benzene rings is 2. The van der Waals surface area contributed by atoms with Crippen LogP contribution >= 0.6 is 0 Å². The Morgan fingerprint density at radius 1 is 0.857 bits per heavy atom. The number of allylic oxidation sites excluding steroid dienone is 1. The van der Waals surface area contributed by atoms with Gasteiger partial charge in [-0.05, 0) is 60.2 Å². The molecule has 0 bridgehead atoms. The third-order valence-electron chi connectivity index (χ3n) is 4.49. The molecule has 2 aromatic carbocycles. The van der Waals surface area contributed by atoms with E-state index in [-0.39, 0.29) is 0 Å². The Morgan fingerprint density at radius 3 is 2.38 bits per heavy atom. The van der Waals surface area contributed by atoms with Crippen molar-refractivity contribution in [3.63, 3.8) is 0 Å². The number of fused-ring (bicyclic) bond motifs is 1. The molecule has 1 fully saturated rings. The Balaban J connectivity index is 1.49. The molecule has 2 nitrogen and oxygen atoms in total. The van der Waals surface area contributed by atoms with Crippen LogP contribution in [0.3, 0.4) is 0 Å². The molecule has 1 N–H and O–H groups in total. The third kappa shape index (κ3) is 2.59. The van der Waals surface area contributed by atoms with Crippen LogP contribution < -0.4 is 10.1 Å². The maximum atomic E-state index is 5.84. The molecule has 1 aliphatic heterocycles. The van der Waals surface area contributed by atoms with Crippen LogP contribution in [-0.2, 0) is 0 Å². The summed E-state index contributed by atoms with van der Waals surface area (Å²) in [6, 6.07) is 18.4. The van der Waals surface area contributed by atoms with Crippen molar-refractivity contribution >= 4 is 5.57 Å². The summed E-state index contributed by atoms with van der Waals surface area (Å²) in [6.07, 6.45) is 3.66. The summed E-state index contributed by atoms with van der Waals surface area (Å²) < 4.78 is 5.84. The molecule has 1 heterocycles. The predicted octanol–water partition coefficient (Wildman–Crippen LogP) is 4.10. The summed E-state index contributed by atoms with van der Waals surface area (Å²) in [5.74, 6) is 3.32. The molecule has 1 saturated heterocycles. The van der Waals surface area contributed by atoms with Crippen LogP contribution in [0.5, 0.6) is 11.5 Å². The first-order chi connectivity index (χ1) is 10.4. The molecule has 2 heteroatoms. The maximum Gasteiger partial charge on any atom is 0.127 e. The number of ether oxygens (including phenoxy) is 1. The second-order valence-electron chi connectivity index (χ2n) is 5.92. The van der Waals surface area contributed by atoms with Crippen LogP contribution in [0.4, 0.5) is 0 Å². The van der Waals surface area contributed by atoms with Crippen LogP contribution in [0, 0.1) is 11.8 Å². The minimum Gasteiger partial charge on any atom is -0.457 e. The van der Waals surface area contributed by atoms with Crippen LogP contribution in [-0.4, -0.2) is 13.1 Å². The molecule has 2 aliphatic rings. The Hall–Kier alpha value is -2.06. The van der Waals surface area contributed by atoms with Crippen molar-refractivity contribution in [3.05, 3.63) is 66.2 Å². The molecule has 0 radical (unpaired) electrons. The fraction of sp³-hybridized carbons (Fsp3) is 0.263. The van der Waals surface area contributed by atoms with Crippen molar-refractivity contribution < 1.29 is 4.74 Å². The average molecular weight is 277 g/mol. The van der Waals surface area contributed by atoms with E-state index >= 15 is 0 Å². The lowest BCUT2D eigenvalue weighted by Crippen LogP contribution is -2.09. The predicted molar refractivity (Wildman–Crippen MR) is 85.4 cm³/mol. The summed E-state index contributed by atoms with van der Waals surface area (Å²) in [6.45, 7) is 2.31. The molecule has 106 valence electrons. The molecular weight excluding hydrogens is 258 g/mol. The zero-order valence-electron chi connectivity index (χ0n) is 12.0. The van der Waals surface area contributed by atoms with Crippen LogP contribution in [0.1, 0.15) is 12.0 Å². The van der Waals surface area contributed by atoms with Crippen LogP contribution in [0.25, 0.3) is 5.57 Å². The van der Waals surface area contributed by atoms with Gasteiger partial charge in [0.05, 0.1) is 0 Å². The van der Waals surface area contributed by atoms with Gasteiger partial charge in [0.2, 0.25) is 0 Å². The lowest BCUT2D eigenvalue weighted by Gasteiger charge is -2.09. The van der Waals surface area contributed by atoms with Crippen molar-refractivity contribution in [2.45, 2.75) is 6.42 Å². The number of hydrogen-bond donors (Lipinski definition) is 1. The fourth-order valence-corrected chi connectivity index (χ4v) is 3.36. The molecule has 2 aromatic rings. The van der Waals surface area contributed by atoms with Crippen LogP contribution in [0.2, 0.25) is 0 Å². The van der Waals surface area contributed by atoms with Gasteiger partial charge >= 0.3 is 0 Å².